The van der Waals surface area contributed by atoms with Crippen molar-refractivity contribution >= 4 is 5.97 Å². The van der Waals surface area contributed by atoms with Gasteiger partial charge >= 0.3 is 5.97 Å². The maximum atomic E-state index is 12.0. The largest absolute Gasteiger partial charge is 0.469 e. The number of ether oxygens (including phenoxy) is 5. The van der Waals surface area contributed by atoms with E-state index >= 15 is 0 Å². The predicted molar refractivity (Wildman–Crippen MR) is 64.9 cm³/mol. The van der Waals surface area contributed by atoms with Gasteiger partial charge in [0.15, 0.2) is 0 Å². The summed E-state index contributed by atoms with van der Waals surface area (Å²) in [5.41, 5.74) is 0. The van der Waals surface area contributed by atoms with Crippen molar-refractivity contribution in [3.63, 3.8) is 0 Å². The van der Waals surface area contributed by atoms with Crippen LogP contribution >= 0.6 is 0 Å². The van der Waals surface area contributed by atoms with Gasteiger partial charge in [-0.25, -0.2) is 0 Å². The zero-order valence-corrected chi connectivity index (χ0v) is 12.0. The Kier molecular flexibility index (Phi) is 4.83. The number of hydrogen-bond acceptors (Lipinski definition) is 9. The molecule has 2 rings (SSSR count). The molecule has 2 aliphatic rings. The SMILES string of the molecule is COC(=O)[C@@H]1[C@H]2O[C@H](CO)[C@@H](O)[C@H]2O[C@@]1(O)C(OC)OC. The van der Waals surface area contributed by atoms with E-state index in [1.54, 1.807) is 0 Å². The third-order valence-electron chi connectivity index (χ3n) is 3.87. The summed E-state index contributed by atoms with van der Waals surface area (Å²) < 4.78 is 25.4. The van der Waals surface area contributed by atoms with Crippen LogP contribution in [0.3, 0.4) is 0 Å². The van der Waals surface area contributed by atoms with Crippen molar-refractivity contribution in [2.45, 2.75) is 36.5 Å². The van der Waals surface area contributed by atoms with E-state index in [1.165, 1.54) is 14.2 Å². The number of hydrogen-bond donors (Lipinski definition) is 3. The maximum absolute atomic E-state index is 12.0. The molecule has 0 aliphatic carbocycles. The highest BCUT2D eigenvalue weighted by atomic mass is 16.8. The molecule has 0 radical (unpaired) electrons. The first-order valence-corrected chi connectivity index (χ1v) is 6.42. The summed E-state index contributed by atoms with van der Waals surface area (Å²) in [6.45, 7) is -0.443. The molecule has 3 N–H and O–H groups in total. The first-order valence-electron chi connectivity index (χ1n) is 6.42. The Morgan fingerprint density at radius 1 is 1.29 bits per heavy atom. The van der Waals surface area contributed by atoms with Gasteiger partial charge in [-0.15, -0.1) is 0 Å². The lowest BCUT2D eigenvalue weighted by atomic mass is 9.92. The second-order valence-electron chi connectivity index (χ2n) is 4.95. The van der Waals surface area contributed by atoms with E-state index in [1.807, 2.05) is 0 Å². The van der Waals surface area contributed by atoms with Crippen molar-refractivity contribution in [2.24, 2.45) is 5.92 Å². The quantitative estimate of drug-likeness (QED) is 0.376. The molecule has 0 aromatic rings. The molecule has 2 heterocycles. The zero-order chi connectivity index (χ0) is 15.8. The molecule has 0 spiro atoms. The molecule has 0 saturated carbocycles. The van der Waals surface area contributed by atoms with Gasteiger partial charge in [-0.05, 0) is 0 Å². The van der Waals surface area contributed by atoms with Crippen LogP contribution in [0.15, 0.2) is 0 Å². The molecule has 122 valence electrons. The molecular formula is C12H20O9. The molecule has 9 heteroatoms. The van der Waals surface area contributed by atoms with Crippen LogP contribution in [-0.2, 0) is 28.5 Å². The fourth-order valence-electron chi connectivity index (χ4n) is 2.91. The number of aliphatic hydroxyl groups excluding tert-OH is 2. The average Bonchev–Trinajstić information content (AvgIpc) is 2.93. The summed E-state index contributed by atoms with van der Waals surface area (Å²) >= 11 is 0. The van der Waals surface area contributed by atoms with E-state index in [-0.39, 0.29) is 0 Å². The first kappa shape index (κ1) is 16.6. The summed E-state index contributed by atoms with van der Waals surface area (Å²) in [5.74, 6) is -4.26. The summed E-state index contributed by atoms with van der Waals surface area (Å²) in [4.78, 5) is 12.0. The number of carbonyl (C=O) groups excluding carboxylic acids is 1. The van der Waals surface area contributed by atoms with Crippen LogP contribution < -0.4 is 0 Å². The lowest BCUT2D eigenvalue weighted by molar-refractivity contribution is -0.335. The number of esters is 1. The maximum Gasteiger partial charge on any atom is 0.317 e. The Bertz CT molecular complexity index is 385. The molecule has 2 aliphatic heterocycles. The Balaban J connectivity index is 2.35. The third-order valence-corrected chi connectivity index (χ3v) is 3.87. The number of fused-ring (bicyclic) bond motifs is 1. The van der Waals surface area contributed by atoms with Gasteiger partial charge in [0.1, 0.15) is 30.3 Å². The van der Waals surface area contributed by atoms with Crippen molar-refractivity contribution in [1.29, 1.82) is 0 Å². The van der Waals surface area contributed by atoms with Crippen molar-refractivity contribution in [3.05, 3.63) is 0 Å². The van der Waals surface area contributed by atoms with Crippen LogP contribution in [0.4, 0.5) is 0 Å². The Hall–Kier alpha value is -0.810. The summed E-state index contributed by atoms with van der Waals surface area (Å²) in [5, 5.41) is 29.8. The predicted octanol–water partition coefficient (Wildman–Crippen LogP) is -2.40. The monoisotopic (exact) mass is 308 g/mol. The highest BCUT2D eigenvalue weighted by Crippen LogP contribution is 2.46. The normalized spacial score (nSPS) is 42.3. The van der Waals surface area contributed by atoms with Gasteiger partial charge in [0.2, 0.25) is 12.1 Å². The van der Waals surface area contributed by atoms with Crippen molar-refractivity contribution in [1.82, 2.24) is 0 Å². The van der Waals surface area contributed by atoms with Gasteiger partial charge in [0, 0.05) is 14.2 Å². The van der Waals surface area contributed by atoms with Crippen LogP contribution in [0, 0.1) is 5.92 Å². The standard InChI is InChI=1S/C12H20O9/c1-17-10(15)6-8-9(7(14)5(4-13)20-8)21-12(6,16)11(18-2)19-3/h5-9,11,13-14,16H,4H2,1-3H3/t5-,6+,7-,8-,9-,12-/m1/s1. The van der Waals surface area contributed by atoms with Crippen LogP contribution in [0.25, 0.3) is 0 Å². The van der Waals surface area contributed by atoms with Crippen molar-refractivity contribution < 1.29 is 43.8 Å². The van der Waals surface area contributed by atoms with Crippen LogP contribution in [0.2, 0.25) is 0 Å². The van der Waals surface area contributed by atoms with Crippen molar-refractivity contribution in [3.8, 4) is 0 Å². The van der Waals surface area contributed by atoms with E-state index in [9.17, 15) is 15.0 Å². The molecule has 2 saturated heterocycles. The highest BCUT2D eigenvalue weighted by Gasteiger charge is 2.68. The van der Waals surface area contributed by atoms with E-state index in [0.29, 0.717) is 0 Å². The molecule has 0 bridgehead atoms. The van der Waals surface area contributed by atoms with Gasteiger partial charge in [-0.1, -0.05) is 0 Å². The topological polar surface area (TPSA) is 124 Å². The van der Waals surface area contributed by atoms with E-state index in [0.717, 1.165) is 7.11 Å². The second kappa shape index (κ2) is 6.13. The lowest BCUT2D eigenvalue weighted by Gasteiger charge is -2.34. The third kappa shape index (κ3) is 2.44. The van der Waals surface area contributed by atoms with Gasteiger partial charge in [-0.2, -0.15) is 0 Å². The number of rotatable bonds is 5. The molecule has 0 aromatic heterocycles. The van der Waals surface area contributed by atoms with E-state index in [4.69, 9.17) is 24.1 Å². The molecule has 21 heavy (non-hydrogen) atoms. The van der Waals surface area contributed by atoms with Crippen LogP contribution in [-0.4, -0.2) is 85.7 Å². The molecule has 0 unspecified atom stereocenters. The van der Waals surface area contributed by atoms with E-state index in [2.05, 4.69) is 4.74 Å². The number of methoxy groups -OCH3 is 3. The summed E-state index contributed by atoms with van der Waals surface area (Å²) in [6, 6.07) is 0. The number of aliphatic hydroxyl groups is 3. The highest BCUT2D eigenvalue weighted by molar-refractivity contribution is 5.75. The molecular weight excluding hydrogens is 288 g/mol. The molecule has 6 atom stereocenters. The fourth-order valence-corrected chi connectivity index (χ4v) is 2.91. The lowest BCUT2D eigenvalue weighted by Crippen LogP contribution is -2.54. The van der Waals surface area contributed by atoms with Gasteiger partial charge < -0.3 is 39.0 Å². The van der Waals surface area contributed by atoms with Gasteiger partial charge in [-0.3, -0.25) is 4.79 Å². The Morgan fingerprint density at radius 2 is 1.90 bits per heavy atom. The summed E-state index contributed by atoms with van der Waals surface area (Å²) in [6.07, 6.45) is -5.38. The molecule has 0 aromatic carbocycles. The smallest absolute Gasteiger partial charge is 0.317 e. The molecule has 0 amide bonds. The first-order chi connectivity index (χ1) is 9.94. The van der Waals surface area contributed by atoms with Gasteiger partial charge in [0.05, 0.1) is 13.7 Å². The number of carbonyl (C=O) groups is 1. The van der Waals surface area contributed by atoms with Crippen LogP contribution in [0.1, 0.15) is 0 Å². The fraction of sp³-hybridized carbons (Fsp3) is 0.917. The summed E-state index contributed by atoms with van der Waals surface area (Å²) in [7, 11) is 3.69. The average molecular weight is 308 g/mol. The minimum atomic E-state index is -2.17. The van der Waals surface area contributed by atoms with Crippen molar-refractivity contribution in [2.75, 3.05) is 27.9 Å². The van der Waals surface area contributed by atoms with Gasteiger partial charge in [0.25, 0.3) is 0 Å². The van der Waals surface area contributed by atoms with E-state index < -0.39 is 55.0 Å². The molecule has 2 fully saturated rings. The minimum absolute atomic E-state index is 0.443. The Morgan fingerprint density at radius 3 is 2.38 bits per heavy atom. The van der Waals surface area contributed by atoms with Crippen LogP contribution in [0.5, 0.6) is 0 Å². The minimum Gasteiger partial charge on any atom is -0.469 e. The Labute approximate surface area is 121 Å². The zero-order valence-electron chi connectivity index (χ0n) is 12.0. The second-order valence-corrected chi connectivity index (χ2v) is 4.95. The molecule has 9 nitrogen and oxygen atoms in total.